The van der Waals surface area contributed by atoms with Gasteiger partial charge >= 0.3 is 0 Å². The van der Waals surface area contributed by atoms with Gasteiger partial charge < -0.3 is 10.1 Å². The third-order valence-corrected chi connectivity index (χ3v) is 4.68. The van der Waals surface area contributed by atoms with Crippen molar-refractivity contribution in [3.8, 4) is 0 Å². The second kappa shape index (κ2) is 9.75. The molecule has 1 rings (SSSR count). The summed E-state index contributed by atoms with van der Waals surface area (Å²) in [6, 6.07) is 1.32. The molecule has 1 N–H and O–H groups in total. The third kappa shape index (κ3) is 6.11. The highest BCUT2D eigenvalue weighted by atomic mass is 16.5. The van der Waals surface area contributed by atoms with Crippen LogP contribution in [0.3, 0.4) is 0 Å². The van der Waals surface area contributed by atoms with E-state index in [1.807, 2.05) is 0 Å². The average molecular weight is 284 g/mol. The number of hydrogen-bond acceptors (Lipinski definition) is 3. The molecule has 3 unspecified atom stereocenters. The zero-order valence-corrected chi connectivity index (χ0v) is 14.3. The first-order chi connectivity index (χ1) is 9.58. The Hall–Kier alpha value is -0.120. The number of nitrogens with one attached hydrogen (secondary N) is 1. The van der Waals surface area contributed by atoms with Gasteiger partial charge in [-0.15, -0.1) is 0 Å². The van der Waals surface area contributed by atoms with E-state index in [1.54, 1.807) is 7.11 Å². The molecule has 0 bridgehead atoms. The minimum Gasteiger partial charge on any atom is -0.383 e. The van der Waals surface area contributed by atoms with E-state index in [4.69, 9.17) is 4.74 Å². The molecule has 0 radical (unpaired) electrons. The van der Waals surface area contributed by atoms with Crippen LogP contribution in [0.4, 0.5) is 0 Å². The van der Waals surface area contributed by atoms with Crippen LogP contribution >= 0.6 is 0 Å². The standard InChI is InChI=1S/C17H36N2O/c1-6-9-18-17-8-7-15(4)12-16(17)13-19(14(2)3)10-11-20-5/h14-18H,6-13H2,1-5H3. The van der Waals surface area contributed by atoms with Crippen molar-refractivity contribution in [2.45, 2.75) is 65.5 Å². The van der Waals surface area contributed by atoms with Crippen LogP contribution in [0.1, 0.15) is 53.4 Å². The predicted octanol–water partition coefficient (Wildman–Crippen LogP) is 3.15. The molecule has 0 spiro atoms. The molecule has 0 aromatic rings. The number of ether oxygens (including phenoxy) is 1. The Balaban J connectivity index is 2.56. The Morgan fingerprint density at radius 3 is 2.65 bits per heavy atom. The van der Waals surface area contributed by atoms with Crippen molar-refractivity contribution in [2.24, 2.45) is 11.8 Å². The van der Waals surface area contributed by atoms with Crippen molar-refractivity contribution in [2.75, 3.05) is 33.4 Å². The number of rotatable bonds is 9. The molecule has 20 heavy (non-hydrogen) atoms. The first-order valence-corrected chi connectivity index (χ1v) is 8.54. The van der Waals surface area contributed by atoms with E-state index in [0.29, 0.717) is 6.04 Å². The minimum atomic E-state index is 0.606. The zero-order valence-electron chi connectivity index (χ0n) is 14.3. The molecule has 120 valence electrons. The van der Waals surface area contributed by atoms with Gasteiger partial charge in [-0.25, -0.2) is 0 Å². The molecule has 0 aromatic carbocycles. The molecule has 3 heteroatoms. The van der Waals surface area contributed by atoms with Crippen LogP contribution in [0.2, 0.25) is 0 Å². The summed E-state index contributed by atoms with van der Waals surface area (Å²) in [5, 5.41) is 3.78. The van der Waals surface area contributed by atoms with Crippen molar-refractivity contribution in [3.05, 3.63) is 0 Å². The molecule has 3 atom stereocenters. The Kier molecular flexibility index (Phi) is 8.74. The van der Waals surface area contributed by atoms with Crippen LogP contribution in [-0.2, 0) is 4.74 Å². The van der Waals surface area contributed by atoms with E-state index in [0.717, 1.165) is 37.6 Å². The Morgan fingerprint density at radius 1 is 1.30 bits per heavy atom. The molecule has 0 amide bonds. The van der Waals surface area contributed by atoms with Gasteiger partial charge in [0.1, 0.15) is 0 Å². The lowest BCUT2D eigenvalue weighted by molar-refractivity contribution is 0.0905. The largest absolute Gasteiger partial charge is 0.383 e. The summed E-state index contributed by atoms with van der Waals surface area (Å²) in [6.07, 6.45) is 5.34. The van der Waals surface area contributed by atoms with Crippen molar-refractivity contribution in [1.29, 1.82) is 0 Å². The molecule has 3 nitrogen and oxygen atoms in total. The van der Waals surface area contributed by atoms with Crippen LogP contribution in [0.5, 0.6) is 0 Å². The van der Waals surface area contributed by atoms with Crippen LogP contribution in [0, 0.1) is 11.8 Å². The Labute approximate surface area is 126 Å². The summed E-state index contributed by atoms with van der Waals surface area (Å²) in [5.74, 6) is 1.68. The zero-order chi connectivity index (χ0) is 15.0. The van der Waals surface area contributed by atoms with Crippen molar-refractivity contribution >= 4 is 0 Å². The maximum Gasteiger partial charge on any atom is 0.0589 e. The average Bonchev–Trinajstić information content (AvgIpc) is 2.42. The number of methoxy groups -OCH3 is 1. The van der Waals surface area contributed by atoms with Gasteiger partial charge in [0.15, 0.2) is 0 Å². The lowest BCUT2D eigenvalue weighted by Crippen LogP contribution is -2.48. The van der Waals surface area contributed by atoms with E-state index in [-0.39, 0.29) is 0 Å². The lowest BCUT2D eigenvalue weighted by Gasteiger charge is -2.39. The van der Waals surface area contributed by atoms with Crippen LogP contribution in [-0.4, -0.2) is 50.3 Å². The van der Waals surface area contributed by atoms with Crippen molar-refractivity contribution < 1.29 is 4.74 Å². The maximum atomic E-state index is 5.27. The summed E-state index contributed by atoms with van der Waals surface area (Å²) in [6.45, 7) is 13.5. The lowest BCUT2D eigenvalue weighted by atomic mass is 9.78. The highest BCUT2D eigenvalue weighted by Gasteiger charge is 2.30. The molecular weight excluding hydrogens is 248 g/mol. The van der Waals surface area contributed by atoms with Gasteiger partial charge in [-0.1, -0.05) is 13.8 Å². The molecule has 1 saturated carbocycles. The monoisotopic (exact) mass is 284 g/mol. The van der Waals surface area contributed by atoms with Gasteiger partial charge in [-0.3, -0.25) is 4.90 Å². The summed E-state index contributed by atoms with van der Waals surface area (Å²) in [5.41, 5.74) is 0. The van der Waals surface area contributed by atoms with Crippen molar-refractivity contribution in [3.63, 3.8) is 0 Å². The summed E-state index contributed by atoms with van der Waals surface area (Å²) in [4.78, 5) is 2.59. The normalized spacial score (nSPS) is 27.4. The fraction of sp³-hybridized carbons (Fsp3) is 1.00. The second-order valence-electron chi connectivity index (χ2n) is 6.82. The van der Waals surface area contributed by atoms with Crippen molar-refractivity contribution in [1.82, 2.24) is 10.2 Å². The molecule has 1 aliphatic rings. The quantitative estimate of drug-likeness (QED) is 0.704. The topological polar surface area (TPSA) is 24.5 Å². The van der Waals surface area contributed by atoms with Gasteiger partial charge in [0.05, 0.1) is 6.61 Å². The van der Waals surface area contributed by atoms with Gasteiger partial charge in [-0.05, 0) is 57.9 Å². The SMILES string of the molecule is CCCNC1CCC(C)CC1CN(CCOC)C(C)C. The molecule has 1 aliphatic carbocycles. The number of hydrogen-bond donors (Lipinski definition) is 1. The predicted molar refractivity (Wildman–Crippen MR) is 87.2 cm³/mol. The molecule has 0 aromatic heterocycles. The highest BCUT2D eigenvalue weighted by molar-refractivity contribution is 4.86. The van der Waals surface area contributed by atoms with Gasteiger partial charge in [0, 0.05) is 32.3 Å². The van der Waals surface area contributed by atoms with E-state index >= 15 is 0 Å². The molecule has 0 saturated heterocycles. The van der Waals surface area contributed by atoms with Gasteiger partial charge in [0.25, 0.3) is 0 Å². The first-order valence-electron chi connectivity index (χ1n) is 8.54. The first kappa shape index (κ1) is 17.9. The second-order valence-corrected chi connectivity index (χ2v) is 6.82. The van der Waals surface area contributed by atoms with E-state index in [2.05, 4.69) is 37.9 Å². The van der Waals surface area contributed by atoms with E-state index < -0.39 is 0 Å². The Bertz CT molecular complexity index is 237. The van der Waals surface area contributed by atoms with E-state index in [1.165, 1.54) is 32.2 Å². The molecule has 0 aliphatic heterocycles. The van der Waals surface area contributed by atoms with Crippen LogP contribution in [0.25, 0.3) is 0 Å². The van der Waals surface area contributed by atoms with E-state index in [9.17, 15) is 0 Å². The molecular formula is C17H36N2O. The summed E-state index contributed by atoms with van der Waals surface area (Å²) in [7, 11) is 1.80. The van der Waals surface area contributed by atoms with Gasteiger partial charge in [0.2, 0.25) is 0 Å². The third-order valence-electron chi connectivity index (χ3n) is 4.68. The Morgan fingerprint density at radius 2 is 2.05 bits per heavy atom. The summed E-state index contributed by atoms with van der Waals surface area (Å²) >= 11 is 0. The summed E-state index contributed by atoms with van der Waals surface area (Å²) < 4.78 is 5.27. The molecule has 0 heterocycles. The van der Waals surface area contributed by atoms with Gasteiger partial charge in [-0.2, -0.15) is 0 Å². The van der Waals surface area contributed by atoms with Crippen LogP contribution < -0.4 is 5.32 Å². The fourth-order valence-corrected chi connectivity index (χ4v) is 3.37. The smallest absolute Gasteiger partial charge is 0.0589 e. The van der Waals surface area contributed by atoms with Crippen LogP contribution in [0.15, 0.2) is 0 Å². The maximum absolute atomic E-state index is 5.27. The fourth-order valence-electron chi connectivity index (χ4n) is 3.37. The number of nitrogens with zero attached hydrogens (tertiary/aromatic N) is 1. The minimum absolute atomic E-state index is 0.606. The molecule has 1 fully saturated rings. The highest BCUT2D eigenvalue weighted by Crippen LogP contribution is 2.30.